The molecule has 85 heavy (non-hydrogen) atoms. The zero-order valence-corrected chi connectivity index (χ0v) is 55.4. The first-order chi connectivity index (χ1) is 41.6. The number of ether oxygens (including phenoxy) is 4. The van der Waals surface area contributed by atoms with Crippen molar-refractivity contribution < 1.29 is 42.9 Å². The zero-order chi connectivity index (χ0) is 61.9. The van der Waals surface area contributed by atoms with Gasteiger partial charge >= 0.3 is 11.9 Å². The van der Waals surface area contributed by atoms with Gasteiger partial charge in [-0.1, -0.05) is 283 Å². The van der Waals surface area contributed by atoms with E-state index in [1.54, 1.807) is 0 Å². The summed E-state index contributed by atoms with van der Waals surface area (Å²) in [4.78, 5) is 37.4. The van der Waals surface area contributed by atoms with Gasteiger partial charge in [0, 0.05) is 12.8 Å². The maximum atomic E-state index is 12.9. The van der Waals surface area contributed by atoms with Crippen LogP contribution in [0.3, 0.4) is 0 Å². The Hall–Kier alpha value is -4.31. The third-order valence-corrected chi connectivity index (χ3v) is 14.7. The topological polar surface area (TPSA) is 111 Å². The van der Waals surface area contributed by atoms with Crippen molar-refractivity contribution in [2.24, 2.45) is 0 Å². The van der Waals surface area contributed by atoms with E-state index < -0.39 is 24.3 Å². The van der Waals surface area contributed by atoms with Crippen molar-refractivity contribution in [3.05, 3.63) is 122 Å². The van der Waals surface area contributed by atoms with Crippen LogP contribution < -0.4 is 5.11 Å². The average Bonchev–Trinajstić information content (AvgIpc) is 3.49. The van der Waals surface area contributed by atoms with E-state index in [-0.39, 0.29) is 38.6 Å². The number of nitrogens with zero attached hydrogens (tertiary/aromatic N) is 1. The summed E-state index contributed by atoms with van der Waals surface area (Å²) in [5.74, 6) is -2.30. The Balaban J connectivity index is 4.10. The number of quaternary nitrogens is 1. The standard InChI is InChI=1S/C76H129NO8/c1-6-8-10-12-14-16-18-20-22-24-26-28-29-30-31-32-33-34-35-36-37-38-39-40-41-42-43-44-45-47-49-51-53-55-57-59-61-63-65-67-74(79)85-72(71-84-76(75(80)81)82-69-68-77(3,4)5)70-83-73(78)66-64-62-60-58-56-54-52-50-48-46-27-25-23-21-19-17-15-13-11-9-7-2/h8,10,14,16,19-22,25-28,30-31,33-34,36-37,48,50,72,76H,6-7,9,11-13,15,17-18,23-24,29,32,35,38-47,49,51-71H2,1-5H3/b10-8-,16-14-,21-19-,22-20-,27-25-,28-26-,31-30-,34-33-,37-36-,50-48-. The molecule has 0 saturated heterocycles. The quantitative estimate of drug-likeness (QED) is 0.0195. The van der Waals surface area contributed by atoms with Crippen molar-refractivity contribution in [3.63, 3.8) is 0 Å². The lowest BCUT2D eigenvalue weighted by Gasteiger charge is -2.26. The van der Waals surface area contributed by atoms with Gasteiger partial charge in [0.05, 0.1) is 40.3 Å². The molecule has 0 aliphatic heterocycles. The van der Waals surface area contributed by atoms with E-state index in [2.05, 4.69) is 135 Å². The summed E-state index contributed by atoms with van der Waals surface area (Å²) in [6.45, 7) is 4.62. The SMILES string of the molecule is CC/C=C\C/C=C\C/C=C\C/C=C\C/C=C\C/C=C\C/C=C\CCCCCCCCCCCCCCCCCCCC(=O)OC(COC(=O)CCCCCCCC/C=C\C/C=C\C/C=C\CCCCCCC)COC(OCC[N+](C)(C)C)C(=O)[O-]. The maximum Gasteiger partial charge on any atom is 0.306 e. The summed E-state index contributed by atoms with van der Waals surface area (Å²) in [5, 5.41) is 11.8. The molecule has 486 valence electrons. The smallest absolute Gasteiger partial charge is 0.306 e. The van der Waals surface area contributed by atoms with E-state index in [0.717, 1.165) is 109 Å². The predicted molar refractivity (Wildman–Crippen MR) is 361 cm³/mol. The third kappa shape index (κ3) is 67.1. The van der Waals surface area contributed by atoms with Crippen molar-refractivity contribution in [3.8, 4) is 0 Å². The van der Waals surface area contributed by atoms with Crippen LogP contribution in [-0.2, 0) is 33.3 Å². The number of aliphatic carboxylic acids is 1. The molecule has 0 aliphatic carbocycles. The zero-order valence-electron chi connectivity index (χ0n) is 55.4. The largest absolute Gasteiger partial charge is 0.545 e. The Bertz CT molecular complexity index is 1810. The minimum Gasteiger partial charge on any atom is -0.545 e. The Labute approximate surface area is 523 Å². The molecule has 0 bridgehead atoms. The van der Waals surface area contributed by atoms with Crippen LogP contribution in [0.25, 0.3) is 0 Å². The molecule has 0 aromatic carbocycles. The summed E-state index contributed by atoms with van der Waals surface area (Å²) in [7, 11) is 5.92. The Kier molecular flexibility index (Phi) is 62.3. The second kappa shape index (κ2) is 65.7. The Morgan fingerprint density at radius 3 is 1.00 bits per heavy atom. The fourth-order valence-corrected chi connectivity index (χ4v) is 9.41. The molecule has 0 saturated carbocycles. The fourth-order valence-electron chi connectivity index (χ4n) is 9.41. The van der Waals surface area contributed by atoms with Crippen molar-refractivity contribution in [2.75, 3.05) is 47.5 Å². The molecule has 2 unspecified atom stereocenters. The number of allylic oxidation sites excluding steroid dienone is 20. The van der Waals surface area contributed by atoms with Gasteiger partial charge < -0.3 is 33.3 Å². The summed E-state index contributed by atoms with van der Waals surface area (Å²) >= 11 is 0. The first-order valence-electron chi connectivity index (χ1n) is 34.7. The van der Waals surface area contributed by atoms with Gasteiger partial charge in [0.15, 0.2) is 12.4 Å². The third-order valence-electron chi connectivity index (χ3n) is 14.7. The van der Waals surface area contributed by atoms with Crippen LogP contribution in [0.1, 0.15) is 284 Å². The van der Waals surface area contributed by atoms with Gasteiger partial charge in [-0.05, 0) is 109 Å². The van der Waals surface area contributed by atoms with Crippen molar-refractivity contribution in [2.45, 2.75) is 296 Å². The number of carbonyl (C=O) groups is 3. The maximum absolute atomic E-state index is 12.9. The molecular formula is C76H129NO8. The first-order valence-corrected chi connectivity index (χ1v) is 34.7. The van der Waals surface area contributed by atoms with Crippen LogP contribution in [0, 0.1) is 0 Å². The van der Waals surface area contributed by atoms with Gasteiger partial charge in [-0.3, -0.25) is 9.59 Å². The number of carboxylic acids is 1. The molecule has 0 fully saturated rings. The normalized spacial score (nSPS) is 13.5. The highest BCUT2D eigenvalue weighted by molar-refractivity contribution is 5.70. The van der Waals surface area contributed by atoms with Crippen LogP contribution in [-0.4, -0.2) is 82.3 Å². The highest BCUT2D eigenvalue weighted by Gasteiger charge is 2.22. The number of carbonyl (C=O) groups excluding carboxylic acids is 3. The van der Waals surface area contributed by atoms with Gasteiger partial charge in [-0.2, -0.15) is 0 Å². The number of carboxylic acid groups (broad SMARTS) is 1. The summed E-state index contributed by atoms with van der Waals surface area (Å²) < 4.78 is 22.8. The molecule has 9 heteroatoms. The fraction of sp³-hybridized carbons (Fsp3) is 0.697. The van der Waals surface area contributed by atoms with E-state index in [9.17, 15) is 19.5 Å². The number of esters is 2. The lowest BCUT2D eigenvalue weighted by Crippen LogP contribution is -2.44. The first kappa shape index (κ1) is 80.7. The molecule has 0 aliphatic rings. The summed E-state index contributed by atoms with van der Waals surface area (Å²) in [5.41, 5.74) is 0. The second-order valence-corrected chi connectivity index (χ2v) is 24.1. The van der Waals surface area contributed by atoms with Gasteiger partial charge in [0.1, 0.15) is 13.2 Å². The minimum atomic E-state index is -1.63. The van der Waals surface area contributed by atoms with Crippen molar-refractivity contribution in [1.29, 1.82) is 0 Å². The van der Waals surface area contributed by atoms with E-state index in [0.29, 0.717) is 17.4 Å². The second-order valence-electron chi connectivity index (χ2n) is 24.1. The van der Waals surface area contributed by atoms with Crippen LogP contribution in [0.2, 0.25) is 0 Å². The van der Waals surface area contributed by atoms with Crippen molar-refractivity contribution >= 4 is 17.9 Å². The Morgan fingerprint density at radius 1 is 0.365 bits per heavy atom. The van der Waals surface area contributed by atoms with Gasteiger partial charge in [-0.25, -0.2) is 0 Å². The molecular weight excluding hydrogens is 1050 g/mol. The number of hydrogen-bond acceptors (Lipinski definition) is 8. The predicted octanol–water partition coefficient (Wildman–Crippen LogP) is 20.2. The molecule has 0 heterocycles. The molecule has 0 rings (SSSR count). The Morgan fingerprint density at radius 2 is 0.671 bits per heavy atom. The van der Waals surface area contributed by atoms with Crippen LogP contribution >= 0.6 is 0 Å². The average molecular weight is 1180 g/mol. The van der Waals surface area contributed by atoms with E-state index >= 15 is 0 Å². The van der Waals surface area contributed by atoms with E-state index in [4.69, 9.17) is 18.9 Å². The van der Waals surface area contributed by atoms with Crippen LogP contribution in [0.4, 0.5) is 0 Å². The summed E-state index contributed by atoms with van der Waals surface area (Å²) in [6, 6.07) is 0. The van der Waals surface area contributed by atoms with E-state index in [1.807, 2.05) is 21.1 Å². The number of unbranched alkanes of at least 4 members (excludes halogenated alkanes) is 28. The molecule has 0 amide bonds. The van der Waals surface area contributed by atoms with Gasteiger partial charge in [-0.15, -0.1) is 0 Å². The van der Waals surface area contributed by atoms with E-state index in [1.165, 1.54) is 141 Å². The number of rotatable bonds is 63. The summed E-state index contributed by atoms with van der Waals surface area (Å²) in [6.07, 6.45) is 89.9. The van der Waals surface area contributed by atoms with Gasteiger partial charge in [0.2, 0.25) is 0 Å². The molecule has 0 N–H and O–H groups in total. The minimum absolute atomic E-state index is 0.141. The molecule has 0 radical (unpaired) electrons. The number of hydrogen-bond donors (Lipinski definition) is 0. The monoisotopic (exact) mass is 1180 g/mol. The highest BCUT2D eigenvalue weighted by atomic mass is 16.7. The van der Waals surface area contributed by atoms with Crippen molar-refractivity contribution in [1.82, 2.24) is 0 Å². The van der Waals surface area contributed by atoms with Crippen LogP contribution in [0.5, 0.6) is 0 Å². The lowest BCUT2D eigenvalue weighted by molar-refractivity contribution is -0.870. The molecule has 0 aromatic heterocycles. The molecule has 9 nitrogen and oxygen atoms in total. The molecule has 2 atom stereocenters. The molecule has 0 aromatic rings. The highest BCUT2D eigenvalue weighted by Crippen LogP contribution is 2.17. The lowest BCUT2D eigenvalue weighted by atomic mass is 10.0. The number of likely N-dealkylation sites (N-methyl/N-ethyl adjacent to an activating group) is 1. The molecule has 0 spiro atoms. The van der Waals surface area contributed by atoms with Crippen LogP contribution in [0.15, 0.2) is 122 Å². The van der Waals surface area contributed by atoms with Gasteiger partial charge in [0.25, 0.3) is 0 Å².